The van der Waals surface area contributed by atoms with E-state index < -0.39 is 0 Å². The largest absolute Gasteiger partial charge is 0.353 e. The summed E-state index contributed by atoms with van der Waals surface area (Å²) < 4.78 is 2.16. The zero-order chi connectivity index (χ0) is 12.2. The van der Waals surface area contributed by atoms with Gasteiger partial charge in [-0.1, -0.05) is 12.8 Å². The lowest BCUT2D eigenvalue weighted by Crippen LogP contribution is -2.18. The number of hydrogen-bond acceptors (Lipinski definition) is 3. The predicted octanol–water partition coefficient (Wildman–Crippen LogP) is 2.68. The number of imidazole rings is 1. The van der Waals surface area contributed by atoms with Crippen LogP contribution < -0.4 is 5.32 Å². The number of hydrogen-bond donors (Lipinski definition) is 1. The first-order valence-corrected chi connectivity index (χ1v) is 6.58. The molecule has 0 aromatic carbocycles. The lowest BCUT2D eigenvalue weighted by molar-refractivity contribution is 0.716. The van der Waals surface area contributed by atoms with Crippen LogP contribution in [-0.4, -0.2) is 20.6 Å². The highest BCUT2D eigenvalue weighted by molar-refractivity contribution is 5.29. The Morgan fingerprint density at radius 3 is 2.72 bits per heavy atom. The van der Waals surface area contributed by atoms with E-state index in [4.69, 9.17) is 0 Å². The Kier molecular flexibility index (Phi) is 3.26. The van der Waals surface area contributed by atoms with Crippen LogP contribution in [0, 0.1) is 0 Å². The van der Waals surface area contributed by atoms with Gasteiger partial charge in [-0.05, 0) is 30.5 Å². The van der Waals surface area contributed by atoms with Gasteiger partial charge in [0.1, 0.15) is 0 Å². The van der Waals surface area contributed by atoms with Crippen LogP contribution in [0.4, 0.5) is 5.95 Å². The summed E-state index contributed by atoms with van der Waals surface area (Å²) in [6.45, 7) is 0.845. The minimum atomic E-state index is 0.601. The van der Waals surface area contributed by atoms with Gasteiger partial charge in [0.25, 0.3) is 0 Å². The number of rotatable bonds is 4. The lowest BCUT2D eigenvalue weighted by Gasteiger charge is -2.14. The van der Waals surface area contributed by atoms with Gasteiger partial charge in [-0.3, -0.25) is 4.98 Å². The molecule has 4 heteroatoms. The third kappa shape index (κ3) is 2.53. The molecule has 0 aliphatic heterocycles. The van der Waals surface area contributed by atoms with Gasteiger partial charge in [0, 0.05) is 30.8 Å². The molecule has 1 fully saturated rings. The Morgan fingerprint density at radius 2 is 1.94 bits per heavy atom. The topological polar surface area (TPSA) is 42.7 Å². The summed E-state index contributed by atoms with van der Waals surface area (Å²) in [5.74, 6) is 0.985. The number of nitrogens with one attached hydrogen (secondary N) is 1. The fraction of sp³-hybridized carbons (Fsp3) is 0.429. The van der Waals surface area contributed by atoms with Gasteiger partial charge in [0.05, 0.1) is 6.54 Å². The average Bonchev–Trinajstić information content (AvgIpc) is 3.04. The normalized spacial score (nSPS) is 16.0. The Morgan fingerprint density at radius 1 is 1.17 bits per heavy atom. The summed E-state index contributed by atoms with van der Waals surface area (Å²) in [5, 5.41) is 3.55. The second-order valence-electron chi connectivity index (χ2n) is 4.86. The smallest absolute Gasteiger partial charge is 0.203 e. The summed E-state index contributed by atoms with van der Waals surface area (Å²) in [5.41, 5.74) is 1.25. The van der Waals surface area contributed by atoms with Gasteiger partial charge in [-0.2, -0.15) is 0 Å². The van der Waals surface area contributed by atoms with Crippen LogP contribution in [0.3, 0.4) is 0 Å². The van der Waals surface area contributed by atoms with Gasteiger partial charge in [0.2, 0.25) is 5.95 Å². The summed E-state index contributed by atoms with van der Waals surface area (Å²) in [7, 11) is 0. The van der Waals surface area contributed by atoms with Crippen molar-refractivity contribution in [2.24, 2.45) is 0 Å². The first-order chi connectivity index (χ1) is 8.92. The number of anilines is 1. The molecule has 0 saturated heterocycles. The molecule has 2 aromatic heterocycles. The van der Waals surface area contributed by atoms with Gasteiger partial charge in [0.15, 0.2) is 0 Å². The third-order valence-corrected chi connectivity index (χ3v) is 3.51. The second-order valence-corrected chi connectivity index (χ2v) is 4.86. The van der Waals surface area contributed by atoms with E-state index in [2.05, 4.69) is 19.9 Å². The molecule has 94 valence electrons. The zero-order valence-corrected chi connectivity index (χ0v) is 10.4. The monoisotopic (exact) mass is 242 g/mol. The maximum Gasteiger partial charge on any atom is 0.203 e. The van der Waals surface area contributed by atoms with E-state index in [-0.39, 0.29) is 0 Å². The lowest BCUT2D eigenvalue weighted by atomic mass is 10.2. The van der Waals surface area contributed by atoms with Gasteiger partial charge in [-0.25, -0.2) is 4.98 Å². The van der Waals surface area contributed by atoms with Crippen molar-refractivity contribution in [3.05, 3.63) is 42.5 Å². The summed E-state index contributed by atoms with van der Waals surface area (Å²) in [6, 6.07) is 4.68. The fourth-order valence-electron chi connectivity index (χ4n) is 2.51. The first-order valence-electron chi connectivity index (χ1n) is 6.58. The molecule has 2 aromatic rings. The minimum absolute atomic E-state index is 0.601. The van der Waals surface area contributed by atoms with Crippen LogP contribution in [0.2, 0.25) is 0 Å². The van der Waals surface area contributed by atoms with Crippen molar-refractivity contribution in [3.8, 4) is 0 Å². The number of pyridine rings is 1. The fourth-order valence-corrected chi connectivity index (χ4v) is 2.51. The second kappa shape index (κ2) is 5.21. The highest BCUT2D eigenvalue weighted by Crippen LogP contribution is 2.21. The van der Waals surface area contributed by atoms with Crippen molar-refractivity contribution < 1.29 is 0 Å². The van der Waals surface area contributed by atoms with E-state index in [9.17, 15) is 0 Å². The van der Waals surface area contributed by atoms with Crippen molar-refractivity contribution >= 4 is 5.95 Å². The van der Waals surface area contributed by atoms with E-state index in [1.165, 1.54) is 31.2 Å². The molecule has 18 heavy (non-hydrogen) atoms. The zero-order valence-electron chi connectivity index (χ0n) is 10.4. The van der Waals surface area contributed by atoms with Gasteiger partial charge >= 0.3 is 0 Å². The standard InChI is InChI=1S/C14H18N4/c1-2-4-13(3-1)17-14-16-9-10-18(14)11-12-5-7-15-8-6-12/h5-10,13H,1-4,11H2,(H,16,17). The molecular weight excluding hydrogens is 224 g/mol. The Bertz CT molecular complexity index is 486. The predicted molar refractivity (Wildman–Crippen MR) is 71.4 cm³/mol. The Labute approximate surface area is 107 Å². The first kappa shape index (κ1) is 11.3. The summed E-state index contributed by atoms with van der Waals surface area (Å²) >= 11 is 0. The molecular formula is C14H18N4. The van der Waals surface area contributed by atoms with E-state index >= 15 is 0 Å². The van der Waals surface area contributed by atoms with Crippen LogP contribution >= 0.6 is 0 Å². The molecule has 1 aliphatic rings. The summed E-state index contributed by atoms with van der Waals surface area (Å²) in [6.07, 6.45) is 12.7. The van der Waals surface area contributed by atoms with Crippen molar-refractivity contribution in [3.63, 3.8) is 0 Å². The highest BCUT2D eigenvalue weighted by Gasteiger charge is 2.16. The van der Waals surface area contributed by atoms with E-state index in [1.54, 1.807) is 0 Å². The average molecular weight is 242 g/mol. The quantitative estimate of drug-likeness (QED) is 0.896. The molecule has 0 spiro atoms. The molecule has 0 amide bonds. The van der Waals surface area contributed by atoms with Gasteiger partial charge in [-0.15, -0.1) is 0 Å². The van der Waals surface area contributed by atoms with Crippen molar-refractivity contribution in [2.75, 3.05) is 5.32 Å². The van der Waals surface area contributed by atoms with Crippen LogP contribution in [-0.2, 0) is 6.54 Å². The molecule has 1 saturated carbocycles. The SMILES string of the molecule is c1cc(Cn2ccnc2NC2CCCC2)ccn1. The molecule has 0 radical (unpaired) electrons. The number of nitrogens with zero attached hydrogens (tertiary/aromatic N) is 3. The van der Waals surface area contributed by atoms with Crippen molar-refractivity contribution in [1.29, 1.82) is 0 Å². The van der Waals surface area contributed by atoms with Crippen LogP contribution in [0.5, 0.6) is 0 Å². The van der Waals surface area contributed by atoms with Crippen molar-refractivity contribution in [1.82, 2.24) is 14.5 Å². The van der Waals surface area contributed by atoms with E-state index in [0.717, 1.165) is 12.5 Å². The van der Waals surface area contributed by atoms with Crippen molar-refractivity contribution in [2.45, 2.75) is 38.3 Å². The molecule has 1 aliphatic carbocycles. The number of aromatic nitrogens is 3. The summed E-state index contributed by atoms with van der Waals surface area (Å²) in [4.78, 5) is 8.45. The maximum atomic E-state index is 4.41. The molecule has 0 atom stereocenters. The molecule has 0 bridgehead atoms. The molecule has 3 rings (SSSR count). The van der Waals surface area contributed by atoms with Crippen LogP contribution in [0.25, 0.3) is 0 Å². The molecule has 1 N–H and O–H groups in total. The van der Waals surface area contributed by atoms with Gasteiger partial charge < -0.3 is 9.88 Å². The minimum Gasteiger partial charge on any atom is -0.353 e. The van der Waals surface area contributed by atoms with Crippen LogP contribution in [0.15, 0.2) is 36.9 Å². The Balaban J connectivity index is 1.71. The molecule has 2 heterocycles. The Hall–Kier alpha value is -1.84. The van der Waals surface area contributed by atoms with E-state index in [1.807, 2.05) is 36.9 Å². The van der Waals surface area contributed by atoms with Crippen LogP contribution in [0.1, 0.15) is 31.2 Å². The molecule has 0 unspecified atom stereocenters. The third-order valence-electron chi connectivity index (χ3n) is 3.51. The molecule has 4 nitrogen and oxygen atoms in total. The van der Waals surface area contributed by atoms with E-state index in [0.29, 0.717) is 6.04 Å². The highest BCUT2D eigenvalue weighted by atomic mass is 15.2. The maximum absolute atomic E-state index is 4.41.